The number of rotatable bonds is 5. The number of nitrogens with zero attached hydrogens (tertiary/aromatic N) is 2. The SMILES string of the molecule is COC(=O)[C@H](C)CNC(=O)c1ccc(N2CCCC2)nc1. The molecule has 21 heavy (non-hydrogen) atoms. The fraction of sp³-hybridized carbons (Fsp3) is 0.533. The number of carbonyl (C=O) groups excluding carboxylic acids is 2. The summed E-state index contributed by atoms with van der Waals surface area (Å²) in [5.41, 5.74) is 0.495. The minimum absolute atomic E-state index is 0.230. The molecular formula is C15H21N3O3. The number of methoxy groups -OCH3 is 1. The van der Waals surface area contributed by atoms with E-state index in [-0.39, 0.29) is 24.3 Å². The zero-order valence-electron chi connectivity index (χ0n) is 12.5. The Hall–Kier alpha value is -2.11. The lowest BCUT2D eigenvalue weighted by atomic mass is 10.2. The number of nitrogens with one attached hydrogen (secondary N) is 1. The van der Waals surface area contributed by atoms with E-state index in [1.807, 2.05) is 6.07 Å². The fourth-order valence-corrected chi connectivity index (χ4v) is 2.29. The molecule has 2 rings (SSSR count). The number of hydrogen-bond donors (Lipinski definition) is 1. The smallest absolute Gasteiger partial charge is 0.310 e. The number of esters is 1. The van der Waals surface area contributed by atoms with Gasteiger partial charge in [0.05, 0.1) is 18.6 Å². The van der Waals surface area contributed by atoms with Crippen LogP contribution in [0.15, 0.2) is 18.3 Å². The predicted molar refractivity (Wildman–Crippen MR) is 79.2 cm³/mol. The van der Waals surface area contributed by atoms with E-state index in [2.05, 4.69) is 19.9 Å². The van der Waals surface area contributed by atoms with E-state index in [0.717, 1.165) is 18.9 Å². The Labute approximate surface area is 124 Å². The third kappa shape index (κ3) is 3.93. The molecule has 6 heteroatoms. The molecule has 1 saturated heterocycles. The summed E-state index contributed by atoms with van der Waals surface area (Å²) < 4.78 is 4.61. The van der Waals surface area contributed by atoms with Gasteiger partial charge in [0.2, 0.25) is 0 Å². The van der Waals surface area contributed by atoms with Crippen molar-refractivity contribution in [2.45, 2.75) is 19.8 Å². The Morgan fingerprint density at radius 2 is 2.10 bits per heavy atom. The molecule has 0 radical (unpaired) electrons. The van der Waals surface area contributed by atoms with Crippen LogP contribution in [0.25, 0.3) is 0 Å². The number of carbonyl (C=O) groups is 2. The summed E-state index contributed by atoms with van der Waals surface area (Å²) in [5, 5.41) is 2.71. The molecule has 6 nitrogen and oxygen atoms in total. The molecule has 1 N–H and O–H groups in total. The molecule has 1 aromatic heterocycles. The molecule has 1 aliphatic rings. The Morgan fingerprint density at radius 1 is 1.38 bits per heavy atom. The number of ether oxygens (including phenoxy) is 1. The molecule has 114 valence electrons. The van der Waals surface area contributed by atoms with Gasteiger partial charge < -0.3 is 15.0 Å². The van der Waals surface area contributed by atoms with E-state index < -0.39 is 0 Å². The number of pyridine rings is 1. The van der Waals surface area contributed by atoms with Gasteiger partial charge in [0.1, 0.15) is 5.82 Å². The molecule has 0 unspecified atom stereocenters. The first-order chi connectivity index (χ1) is 10.1. The minimum Gasteiger partial charge on any atom is -0.469 e. The van der Waals surface area contributed by atoms with Crippen LogP contribution in [0, 0.1) is 5.92 Å². The summed E-state index contributed by atoms with van der Waals surface area (Å²) >= 11 is 0. The molecule has 1 atom stereocenters. The van der Waals surface area contributed by atoms with Crippen LogP contribution in [0.4, 0.5) is 5.82 Å². The van der Waals surface area contributed by atoms with Gasteiger partial charge in [-0.15, -0.1) is 0 Å². The van der Waals surface area contributed by atoms with Crippen molar-refractivity contribution in [3.63, 3.8) is 0 Å². The normalized spacial score (nSPS) is 15.6. The average Bonchev–Trinajstić information content (AvgIpc) is 3.06. The van der Waals surface area contributed by atoms with Crippen LogP contribution in [0.5, 0.6) is 0 Å². The maximum Gasteiger partial charge on any atom is 0.310 e. The molecule has 1 aliphatic heterocycles. The molecule has 0 aliphatic carbocycles. The molecule has 0 saturated carbocycles. The maximum absolute atomic E-state index is 12.0. The summed E-state index contributed by atoms with van der Waals surface area (Å²) in [6.45, 7) is 4.00. The standard InChI is InChI=1S/C15H21N3O3/c1-11(15(20)21-2)9-17-14(19)12-5-6-13(16-10-12)18-7-3-4-8-18/h5-6,10-11H,3-4,7-9H2,1-2H3,(H,17,19)/t11-/m1/s1. The lowest BCUT2D eigenvalue weighted by Crippen LogP contribution is -2.32. The highest BCUT2D eigenvalue weighted by Crippen LogP contribution is 2.17. The third-order valence-electron chi connectivity index (χ3n) is 3.61. The lowest BCUT2D eigenvalue weighted by Gasteiger charge is -2.16. The molecule has 0 bridgehead atoms. The molecule has 1 fully saturated rings. The Kier molecular flexibility index (Phi) is 5.14. The first kappa shape index (κ1) is 15.3. The fourth-order valence-electron chi connectivity index (χ4n) is 2.29. The molecule has 1 aromatic rings. The predicted octanol–water partition coefficient (Wildman–Crippen LogP) is 1.22. The van der Waals surface area contributed by atoms with Crippen molar-refractivity contribution in [1.82, 2.24) is 10.3 Å². The minimum atomic E-state index is -0.365. The van der Waals surface area contributed by atoms with Crippen molar-refractivity contribution in [3.8, 4) is 0 Å². The van der Waals surface area contributed by atoms with E-state index in [1.54, 1.807) is 19.2 Å². The highest BCUT2D eigenvalue weighted by molar-refractivity contribution is 5.94. The third-order valence-corrected chi connectivity index (χ3v) is 3.61. The summed E-state index contributed by atoms with van der Waals surface area (Å²) in [7, 11) is 1.33. The van der Waals surface area contributed by atoms with Crippen molar-refractivity contribution < 1.29 is 14.3 Å². The van der Waals surface area contributed by atoms with Crippen LogP contribution in [0.2, 0.25) is 0 Å². The summed E-state index contributed by atoms with van der Waals surface area (Å²) in [5.74, 6) is -0.0215. The first-order valence-electron chi connectivity index (χ1n) is 7.19. The van der Waals surface area contributed by atoms with E-state index in [4.69, 9.17) is 0 Å². The second-order valence-corrected chi connectivity index (χ2v) is 5.23. The van der Waals surface area contributed by atoms with Gasteiger partial charge in [-0.1, -0.05) is 6.92 Å². The van der Waals surface area contributed by atoms with E-state index in [9.17, 15) is 9.59 Å². The van der Waals surface area contributed by atoms with Crippen molar-refractivity contribution >= 4 is 17.7 Å². The van der Waals surface area contributed by atoms with Gasteiger partial charge >= 0.3 is 5.97 Å². The van der Waals surface area contributed by atoms with E-state index >= 15 is 0 Å². The quantitative estimate of drug-likeness (QED) is 0.826. The number of hydrogen-bond acceptors (Lipinski definition) is 5. The summed E-state index contributed by atoms with van der Waals surface area (Å²) in [4.78, 5) is 29.8. The Morgan fingerprint density at radius 3 is 2.67 bits per heavy atom. The van der Waals surface area contributed by atoms with Gasteiger partial charge in [-0.3, -0.25) is 9.59 Å². The van der Waals surface area contributed by atoms with Crippen LogP contribution in [-0.4, -0.2) is 43.6 Å². The van der Waals surface area contributed by atoms with Gasteiger partial charge in [-0.25, -0.2) is 4.98 Å². The highest BCUT2D eigenvalue weighted by Gasteiger charge is 2.16. The second kappa shape index (κ2) is 7.06. The zero-order valence-corrected chi connectivity index (χ0v) is 12.5. The largest absolute Gasteiger partial charge is 0.469 e. The number of aromatic nitrogens is 1. The van der Waals surface area contributed by atoms with Crippen molar-refractivity contribution in [3.05, 3.63) is 23.9 Å². The van der Waals surface area contributed by atoms with Gasteiger partial charge in [-0.05, 0) is 25.0 Å². The number of amides is 1. The van der Waals surface area contributed by atoms with Crippen molar-refractivity contribution in [2.75, 3.05) is 31.6 Å². The van der Waals surface area contributed by atoms with Crippen molar-refractivity contribution in [2.24, 2.45) is 5.92 Å². The molecule has 2 heterocycles. The Balaban J connectivity index is 1.89. The van der Waals surface area contributed by atoms with Gasteiger partial charge in [0.25, 0.3) is 5.91 Å². The van der Waals surface area contributed by atoms with Gasteiger partial charge in [0.15, 0.2) is 0 Å². The van der Waals surface area contributed by atoms with E-state index in [1.165, 1.54) is 20.0 Å². The molecule has 0 spiro atoms. The van der Waals surface area contributed by atoms with Crippen LogP contribution in [-0.2, 0) is 9.53 Å². The number of anilines is 1. The zero-order chi connectivity index (χ0) is 15.2. The summed E-state index contributed by atoms with van der Waals surface area (Å²) in [6, 6.07) is 3.63. The van der Waals surface area contributed by atoms with Crippen LogP contribution >= 0.6 is 0 Å². The molecule has 0 aromatic carbocycles. The maximum atomic E-state index is 12.0. The average molecular weight is 291 g/mol. The topological polar surface area (TPSA) is 71.5 Å². The van der Waals surface area contributed by atoms with Crippen molar-refractivity contribution in [1.29, 1.82) is 0 Å². The lowest BCUT2D eigenvalue weighted by molar-refractivity contribution is -0.144. The molecular weight excluding hydrogens is 270 g/mol. The van der Waals surface area contributed by atoms with Crippen LogP contribution in [0.3, 0.4) is 0 Å². The van der Waals surface area contributed by atoms with Gasteiger partial charge in [0, 0.05) is 25.8 Å². The monoisotopic (exact) mass is 291 g/mol. The highest BCUT2D eigenvalue weighted by atomic mass is 16.5. The van der Waals surface area contributed by atoms with Crippen LogP contribution in [0.1, 0.15) is 30.1 Å². The molecule has 1 amide bonds. The van der Waals surface area contributed by atoms with E-state index in [0.29, 0.717) is 5.56 Å². The van der Waals surface area contributed by atoms with Gasteiger partial charge in [-0.2, -0.15) is 0 Å². The second-order valence-electron chi connectivity index (χ2n) is 5.23. The Bertz CT molecular complexity index is 495. The summed E-state index contributed by atoms with van der Waals surface area (Å²) in [6.07, 6.45) is 3.95. The van der Waals surface area contributed by atoms with Crippen LogP contribution < -0.4 is 10.2 Å². The first-order valence-corrected chi connectivity index (χ1v) is 7.19.